The Morgan fingerprint density at radius 2 is 1.75 bits per heavy atom. The van der Waals surface area contributed by atoms with Crippen molar-refractivity contribution in [1.29, 1.82) is 0 Å². The fourth-order valence-electron chi connectivity index (χ4n) is 2.61. The average molecular weight is 271 g/mol. The van der Waals surface area contributed by atoms with E-state index in [1.54, 1.807) is 0 Å². The van der Waals surface area contributed by atoms with E-state index in [-0.39, 0.29) is 0 Å². The smallest absolute Gasteiger partial charge is 0.0815 e. The first kappa shape index (κ1) is 14.6. The summed E-state index contributed by atoms with van der Waals surface area (Å²) in [7, 11) is 0. The van der Waals surface area contributed by atoms with Gasteiger partial charge in [0.1, 0.15) is 0 Å². The topological polar surface area (TPSA) is 29.9 Å². The van der Waals surface area contributed by atoms with E-state index in [2.05, 4.69) is 73.3 Å². The highest BCUT2D eigenvalue weighted by molar-refractivity contribution is 5.48. The first-order chi connectivity index (χ1) is 9.62. The summed E-state index contributed by atoms with van der Waals surface area (Å²) in [6, 6.07) is 9.15. The Morgan fingerprint density at radius 3 is 2.35 bits per heavy atom. The summed E-state index contributed by atoms with van der Waals surface area (Å²) in [5.74, 6) is 0. The van der Waals surface area contributed by atoms with Crippen LogP contribution in [0.25, 0.3) is 0 Å². The molecule has 0 bridgehead atoms. The fraction of sp³-hybridized carbons (Fsp3) is 0.471. The molecule has 0 atom stereocenters. The van der Waals surface area contributed by atoms with Crippen molar-refractivity contribution in [3.05, 3.63) is 47.3 Å². The maximum Gasteiger partial charge on any atom is 0.0815 e. The molecule has 1 N–H and O–H groups in total. The molecule has 1 aromatic heterocycles. The Balaban J connectivity index is 2.00. The number of anilines is 1. The van der Waals surface area contributed by atoms with E-state index in [0.29, 0.717) is 6.04 Å². The van der Waals surface area contributed by atoms with Gasteiger partial charge in [-0.2, -0.15) is 5.10 Å². The van der Waals surface area contributed by atoms with Gasteiger partial charge in [0.15, 0.2) is 0 Å². The molecule has 108 valence electrons. The lowest BCUT2D eigenvalue weighted by Gasteiger charge is -2.12. The van der Waals surface area contributed by atoms with Crippen LogP contribution in [0.1, 0.15) is 49.6 Å². The molecule has 0 aliphatic carbocycles. The van der Waals surface area contributed by atoms with Crippen LogP contribution < -0.4 is 5.32 Å². The van der Waals surface area contributed by atoms with E-state index in [1.807, 2.05) is 0 Å². The van der Waals surface area contributed by atoms with Gasteiger partial charge < -0.3 is 5.32 Å². The van der Waals surface area contributed by atoms with Crippen molar-refractivity contribution >= 4 is 5.69 Å². The number of aryl methyl sites for hydroxylation is 2. The summed E-state index contributed by atoms with van der Waals surface area (Å²) in [5, 5.41) is 8.12. The van der Waals surface area contributed by atoms with Crippen molar-refractivity contribution in [3.63, 3.8) is 0 Å². The lowest BCUT2D eigenvalue weighted by atomic mass is 10.1. The largest absolute Gasteiger partial charge is 0.379 e. The monoisotopic (exact) mass is 271 g/mol. The highest BCUT2D eigenvalue weighted by atomic mass is 15.3. The molecule has 1 heterocycles. The van der Waals surface area contributed by atoms with E-state index >= 15 is 0 Å². The summed E-state index contributed by atoms with van der Waals surface area (Å²) in [4.78, 5) is 0. The maximum atomic E-state index is 4.67. The van der Waals surface area contributed by atoms with Crippen LogP contribution in [0.5, 0.6) is 0 Å². The lowest BCUT2D eigenvalue weighted by molar-refractivity contribution is 0.426. The molecule has 3 heteroatoms. The van der Waals surface area contributed by atoms with Crippen molar-refractivity contribution in [2.24, 2.45) is 0 Å². The second-order valence-corrected chi connectivity index (χ2v) is 5.49. The average Bonchev–Trinajstić information content (AvgIpc) is 2.86. The molecule has 2 rings (SSSR count). The first-order valence-electron chi connectivity index (χ1n) is 7.48. The van der Waals surface area contributed by atoms with Crippen molar-refractivity contribution in [2.75, 3.05) is 5.32 Å². The summed E-state index contributed by atoms with van der Waals surface area (Å²) in [6.45, 7) is 9.45. The van der Waals surface area contributed by atoms with Gasteiger partial charge in [-0.3, -0.25) is 4.68 Å². The van der Waals surface area contributed by atoms with Crippen molar-refractivity contribution < 1.29 is 0 Å². The Hall–Kier alpha value is -1.77. The molecule has 0 spiro atoms. The molecule has 0 aliphatic rings. The third-order valence-electron chi connectivity index (χ3n) is 3.68. The highest BCUT2D eigenvalue weighted by Crippen LogP contribution is 2.16. The summed E-state index contributed by atoms with van der Waals surface area (Å²) >= 11 is 0. The van der Waals surface area contributed by atoms with E-state index in [9.17, 15) is 0 Å². The van der Waals surface area contributed by atoms with Crippen molar-refractivity contribution in [3.8, 4) is 0 Å². The molecule has 1 aromatic carbocycles. The van der Waals surface area contributed by atoms with Crippen LogP contribution in [0, 0.1) is 13.8 Å². The second kappa shape index (κ2) is 6.60. The number of nitrogens with one attached hydrogen (secondary N) is 1. The minimum absolute atomic E-state index is 0.518. The molecule has 0 amide bonds. The number of aromatic nitrogens is 2. The normalized spacial score (nSPS) is 11.1. The van der Waals surface area contributed by atoms with Gasteiger partial charge >= 0.3 is 0 Å². The fourth-order valence-corrected chi connectivity index (χ4v) is 2.61. The molecular weight excluding hydrogens is 246 g/mol. The van der Waals surface area contributed by atoms with Gasteiger partial charge in [0.2, 0.25) is 0 Å². The maximum absolute atomic E-state index is 4.67. The third-order valence-corrected chi connectivity index (χ3v) is 3.68. The van der Waals surface area contributed by atoms with Crippen LogP contribution in [0.3, 0.4) is 0 Å². The molecule has 0 radical (unpaired) electrons. The van der Waals surface area contributed by atoms with Crippen LogP contribution >= 0.6 is 0 Å². The van der Waals surface area contributed by atoms with Crippen molar-refractivity contribution in [1.82, 2.24) is 9.78 Å². The molecule has 20 heavy (non-hydrogen) atoms. The number of hydrogen-bond acceptors (Lipinski definition) is 2. The molecule has 2 aromatic rings. The molecule has 0 aliphatic heterocycles. The number of nitrogens with zero attached hydrogens (tertiary/aromatic N) is 2. The number of hydrogen-bond donors (Lipinski definition) is 1. The van der Waals surface area contributed by atoms with Gasteiger partial charge in [0.05, 0.1) is 18.3 Å². The molecular formula is C17H25N3. The van der Waals surface area contributed by atoms with Crippen molar-refractivity contribution in [2.45, 2.75) is 53.1 Å². The van der Waals surface area contributed by atoms with E-state index in [4.69, 9.17) is 0 Å². The first-order valence-corrected chi connectivity index (χ1v) is 7.48. The predicted molar refractivity (Wildman–Crippen MR) is 85.1 cm³/mol. The van der Waals surface area contributed by atoms with Gasteiger partial charge in [0, 0.05) is 11.9 Å². The number of rotatable bonds is 6. The Morgan fingerprint density at radius 1 is 1.10 bits per heavy atom. The van der Waals surface area contributed by atoms with Crippen LogP contribution in [0.15, 0.2) is 30.5 Å². The molecule has 0 fully saturated rings. The molecule has 0 unspecified atom stereocenters. The highest BCUT2D eigenvalue weighted by Gasteiger charge is 2.07. The van der Waals surface area contributed by atoms with Crippen LogP contribution in [-0.4, -0.2) is 9.78 Å². The molecule has 3 nitrogen and oxygen atoms in total. The van der Waals surface area contributed by atoms with Gasteiger partial charge in [-0.1, -0.05) is 19.9 Å². The standard InChI is InChI=1S/C17H25N3/c1-5-17(6-2)20-8-7-15(19-20)12-18-16-10-13(3)9-14(4)11-16/h7-11,17-18H,5-6,12H2,1-4H3. The predicted octanol–water partition coefficient (Wildman–Crippen LogP) is 4.47. The Bertz CT molecular complexity index is 533. The lowest BCUT2D eigenvalue weighted by Crippen LogP contribution is -2.09. The molecule has 0 saturated carbocycles. The third kappa shape index (κ3) is 3.62. The summed E-state index contributed by atoms with van der Waals surface area (Å²) in [6.07, 6.45) is 4.35. The minimum Gasteiger partial charge on any atom is -0.379 e. The summed E-state index contributed by atoms with van der Waals surface area (Å²) in [5.41, 5.74) is 4.83. The molecule has 0 saturated heterocycles. The quantitative estimate of drug-likeness (QED) is 0.840. The van der Waals surface area contributed by atoms with Gasteiger partial charge in [-0.05, 0) is 56.0 Å². The zero-order chi connectivity index (χ0) is 14.5. The Kier molecular flexibility index (Phi) is 4.83. The number of benzene rings is 1. The van der Waals surface area contributed by atoms with Gasteiger partial charge in [-0.15, -0.1) is 0 Å². The van der Waals surface area contributed by atoms with Crippen LogP contribution in [0.2, 0.25) is 0 Å². The van der Waals surface area contributed by atoms with E-state index in [1.165, 1.54) is 16.8 Å². The van der Waals surface area contributed by atoms with Crippen LogP contribution in [0.4, 0.5) is 5.69 Å². The zero-order valence-corrected chi connectivity index (χ0v) is 13.0. The van der Waals surface area contributed by atoms with Gasteiger partial charge in [0.25, 0.3) is 0 Å². The Labute approximate surface area is 122 Å². The van der Waals surface area contributed by atoms with E-state index < -0.39 is 0 Å². The zero-order valence-electron chi connectivity index (χ0n) is 13.0. The van der Waals surface area contributed by atoms with Gasteiger partial charge in [-0.25, -0.2) is 0 Å². The SMILES string of the molecule is CCC(CC)n1ccc(CNc2cc(C)cc(C)c2)n1. The second-order valence-electron chi connectivity index (χ2n) is 5.49. The minimum atomic E-state index is 0.518. The summed E-state index contributed by atoms with van der Waals surface area (Å²) < 4.78 is 2.10. The van der Waals surface area contributed by atoms with E-state index in [0.717, 1.165) is 25.1 Å². The van der Waals surface area contributed by atoms with Crippen LogP contribution in [-0.2, 0) is 6.54 Å².